The summed E-state index contributed by atoms with van der Waals surface area (Å²) in [5, 5.41) is 20.1. The predicted octanol–water partition coefficient (Wildman–Crippen LogP) is 1.57. The average molecular weight is 261 g/mol. The summed E-state index contributed by atoms with van der Waals surface area (Å²) in [6, 6.07) is 7.04. The lowest BCUT2D eigenvalue weighted by Gasteiger charge is -2.21. The summed E-state index contributed by atoms with van der Waals surface area (Å²) in [5.41, 5.74) is 0.958. The number of nitrogens with zero attached hydrogens (tertiary/aromatic N) is 2. The number of anilines is 1. The van der Waals surface area contributed by atoms with E-state index < -0.39 is 18.0 Å². The van der Waals surface area contributed by atoms with Crippen LogP contribution in [-0.2, 0) is 4.79 Å². The van der Waals surface area contributed by atoms with Crippen molar-refractivity contribution in [1.82, 2.24) is 5.32 Å². The van der Waals surface area contributed by atoms with Crippen molar-refractivity contribution < 1.29 is 14.7 Å². The molecule has 0 aliphatic carbocycles. The molecular weight excluding hydrogens is 246 g/mol. The first-order valence-corrected chi connectivity index (χ1v) is 5.76. The highest BCUT2D eigenvalue weighted by atomic mass is 16.4. The Hall–Kier alpha value is -2.55. The van der Waals surface area contributed by atoms with E-state index in [1.807, 2.05) is 6.07 Å². The average Bonchev–Trinajstić information content (AvgIpc) is 2.43. The van der Waals surface area contributed by atoms with Crippen molar-refractivity contribution >= 4 is 17.7 Å². The monoisotopic (exact) mass is 261 g/mol. The smallest absolute Gasteiger partial charge is 0.326 e. The number of hydrogen-bond acceptors (Lipinski definition) is 3. The highest BCUT2D eigenvalue weighted by molar-refractivity contribution is 5.94. The molecule has 0 bridgehead atoms. The minimum absolute atomic E-state index is 0.299. The molecule has 0 aliphatic heterocycles. The van der Waals surface area contributed by atoms with Gasteiger partial charge in [-0.15, -0.1) is 0 Å². The third kappa shape index (κ3) is 3.71. The Morgan fingerprint density at radius 2 is 2.21 bits per heavy atom. The Balaban J connectivity index is 2.82. The van der Waals surface area contributed by atoms with Crippen LogP contribution >= 0.6 is 0 Å². The van der Waals surface area contributed by atoms with Gasteiger partial charge in [0, 0.05) is 12.7 Å². The fourth-order valence-corrected chi connectivity index (χ4v) is 1.49. The lowest BCUT2D eigenvalue weighted by molar-refractivity contribution is -0.139. The van der Waals surface area contributed by atoms with Gasteiger partial charge < -0.3 is 10.4 Å². The molecule has 100 valence electrons. The van der Waals surface area contributed by atoms with Gasteiger partial charge in [-0.1, -0.05) is 13.0 Å². The van der Waals surface area contributed by atoms with Crippen LogP contribution in [0.4, 0.5) is 10.5 Å². The van der Waals surface area contributed by atoms with Gasteiger partial charge in [-0.05, 0) is 24.6 Å². The van der Waals surface area contributed by atoms with Crippen molar-refractivity contribution in [3.05, 3.63) is 29.8 Å². The summed E-state index contributed by atoms with van der Waals surface area (Å²) >= 11 is 0. The minimum atomic E-state index is -1.07. The van der Waals surface area contributed by atoms with E-state index in [1.165, 1.54) is 11.9 Å². The maximum atomic E-state index is 11.9. The fourth-order valence-electron chi connectivity index (χ4n) is 1.49. The molecular formula is C13H15N3O3. The van der Waals surface area contributed by atoms with Crippen LogP contribution in [0, 0.1) is 11.3 Å². The number of aliphatic carboxylic acids is 1. The SMILES string of the molecule is CC[C@@H](NC(=O)N(C)c1cccc(C#N)c1)C(=O)O. The predicted molar refractivity (Wildman–Crippen MR) is 69.8 cm³/mol. The van der Waals surface area contributed by atoms with Crippen molar-refractivity contribution in [3.8, 4) is 6.07 Å². The van der Waals surface area contributed by atoms with Crippen LogP contribution in [0.3, 0.4) is 0 Å². The van der Waals surface area contributed by atoms with Crippen LogP contribution < -0.4 is 10.2 Å². The number of carbonyl (C=O) groups excluding carboxylic acids is 1. The molecule has 6 heteroatoms. The summed E-state index contributed by atoms with van der Waals surface area (Å²) in [5.74, 6) is -1.07. The van der Waals surface area contributed by atoms with E-state index in [2.05, 4.69) is 5.32 Å². The largest absolute Gasteiger partial charge is 0.480 e. The zero-order valence-corrected chi connectivity index (χ0v) is 10.8. The first-order valence-electron chi connectivity index (χ1n) is 5.76. The van der Waals surface area contributed by atoms with Crippen LogP contribution in [0.15, 0.2) is 24.3 Å². The Morgan fingerprint density at radius 1 is 1.53 bits per heavy atom. The number of hydrogen-bond donors (Lipinski definition) is 2. The number of nitriles is 1. The summed E-state index contributed by atoms with van der Waals surface area (Å²) < 4.78 is 0. The molecule has 2 amide bonds. The van der Waals surface area contributed by atoms with Gasteiger partial charge in [0.15, 0.2) is 0 Å². The lowest BCUT2D eigenvalue weighted by atomic mass is 10.2. The van der Waals surface area contributed by atoms with Gasteiger partial charge in [0.1, 0.15) is 6.04 Å². The molecule has 1 atom stereocenters. The Labute approximate surface area is 111 Å². The molecule has 0 radical (unpaired) electrons. The Bertz CT molecular complexity index is 522. The Kier molecular flexibility index (Phi) is 4.89. The molecule has 1 aromatic carbocycles. The second-order valence-electron chi connectivity index (χ2n) is 3.97. The van der Waals surface area contributed by atoms with E-state index in [0.29, 0.717) is 17.7 Å². The van der Waals surface area contributed by atoms with Gasteiger partial charge >= 0.3 is 12.0 Å². The maximum Gasteiger partial charge on any atom is 0.326 e. The molecule has 6 nitrogen and oxygen atoms in total. The number of carbonyl (C=O) groups is 2. The number of benzene rings is 1. The van der Waals surface area contributed by atoms with Gasteiger partial charge in [-0.2, -0.15) is 5.26 Å². The summed E-state index contributed by atoms with van der Waals surface area (Å²) in [4.78, 5) is 24.0. The molecule has 0 saturated carbocycles. The third-order valence-corrected chi connectivity index (χ3v) is 2.67. The number of nitrogens with one attached hydrogen (secondary N) is 1. The van der Waals surface area contributed by atoms with E-state index in [-0.39, 0.29) is 0 Å². The first kappa shape index (κ1) is 14.5. The summed E-state index contributed by atoms with van der Waals surface area (Å²) in [6.07, 6.45) is 0.299. The number of rotatable bonds is 4. The van der Waals surface area contributed by atoms with Crippen LogP contribution in [0.2, 0.25) is 0 Å². The van der Waals surface area contributed by atoms with Crippen molar-refractivity contribution in [1.29, 1.82) is 5.26 Å². The maximum absolute atomic E-state index is 11.9. The molecule has 0 aromatic heterocycles. The molecule has 0 spiro atoms. The zero-order valence-electron chi connectivity index (χ0n) is 10.8. The lowest BCUT2D eigenvalue weighted by Crippen LogP contribution is -2.46. The Morgan fingerprint density at radius 3 is 2.74 bits per heavy atom. The highest BCUT2D eigenvalue weighted by Gasteiger charge is 2.20. The van der Waals surface area contributed by atoms with Gasteiger partial charge in [-0.3, -0.25) is 4.90 Å². The summed E-state index contributed by atoms with van der Waals surface area (Å²) in [6.45, 7) is 1.68. The molecule has 0 saturated heterocycles. The second kappa shape index (κ2) is 6.40. The third-order valence-electron chi connectivity index (χ3n) is 2.67. The second-order valence-corrected chi connectivity index (χ2v) is 3.97. The van der Waals surface area contributed by atoms with E-state index in [1.54, 1.807) is 31.2 Å². The number of carboxylic acid groups (broad SMARTS) is 1. The molecule has 1 rings (SSSR count). The zero-order chi connectivity index (χ0) is 14.4. The van der Waals surface area contributed by atoms with Crippen LogP contribution in [0.5, 0.6) is 0 Å². The van der Waals surface area contributed by atoms with Gasteiger partial charge in [0.2, 0.25) is 0 Å². The number of urea groups is 1. The van der Waals surface area contributed by atoms with Gasteiger partial charge in [0.05, 0.1) is 11.6 Å². The van der Waals surface area contributed by atoms with Gasteiger partial charge in [-0.25, -0.2) is 9.59 Å². The molecule has 1 aromatic rings. The standard InChI is InChI=1S/C13H15N3O3/c1-3-11(12(17)18)15-13(19)16(2)10-6-4-5-9(7-10)8-14/h4-7,11H,3H2,1-2H3,(H,15,19)(H,17,18)/t11-/m1/s1. The van der Waals surface area contributed by atoms with Crippen LogP contribution in [0.25, 0.3) is 0 Å². The van der Waals surface area contributed by atoms with E-state index in [9.17, 15) is 9.59 Å². The molecule has 2 N–H and O–H groups in total. The molecule has 0 unspecified atom stereocenters. The van der Waals surface area contributed by atoms with Crippen molar-refractivity contribution in [2.45, 2.75) is 19.4 Å². The van der Waals surface area contributed by atoms with Crippen molar-refractivity contribution in [2.24, 2.45) is 0 Å². The van der Waals surface area contributed by atoms with Crippen LogP contribution in [0.1, 0.15) is 18.9 Å². The van der Waals surface area contributed by atoms with E-state index in [4.69, 9.17) is 10.4 Å². The first-order chi connectivity index (χ1) is 8.99. The van der Waals surface area contributed by atoms with E-state index in [0.717, 1.165) is 0 Å². The van der Waals surface area contributed by atoms with Gasteiger partial charge in [0.25, 0.3) is 0 Å². The van der Waals surface area contributed by atoms with Crippen molar-refractivity contribution in [3.63, 3.8) is 0 Å². The molecule has 0 fully saturated rings. The number of carboxylic acids is 1. The topological polar surface area (TPSA) is 93.4 Å². The molecule has 19 heavy (non-hydrogen) atoms. The highest BCUT2D eigenvalue weighted by Crippen LogP contribution is 2.14. The fraction of sp³-hybridized carbons (Fsp3) is 0.308. The van der Waals surface area contributed by atoms with E-state index >= 15 is 0 Å². The molecule has 0 aliphatic rings. The van der Waals surface area contributed by atoms with Crippen LogP contribution in [-0.4, -0.2) is 30.2 Å². The quantitative estimate of drug-likeness (QED) is 0.860. The normalized spacial score (nSPS) is 11.2. The number of amides is 2. The minimum Gasteiger partial charge on any atom is -0.480 e. The molecule has 0 heterocycles. The summed E-state index contributed by atoms with van der Waals surface area (Å²) in [7, 11) is 1.51. The van der Waals surface area contributed by atoms with Crippen molar-refractivity contribution in [2.75, 3.05) is 11.9 Å².